The molecular weight excluding hydrogens is 349 g/mol. The number of aromatic nitrogens is 2. The number of phenols is 1. The second kappa shape index (κ2) is 6.83. The maximum Gasteiger partial charge on any atom is 0.229 e. The van der Waals surface area contributed by atoms with E-state index in [-0.39, 0.29) is 17.5 Å². The number of anilines is 5. The van der Waals surface area contributed by atoms with E-state index >= 15 is 0 Å². The molecule has 0 unspecified atom stereocenters. The van der Waals surface area contributed by atoms with Gasteiger partial charge in [-0.05, 0) is 24.3 Å². The van der Waals surface area contributed by atoms with Crippen molar-refractivity contribution >= 4 is 28.8 Å². The van der Waals surface area contributed by atoms with Gasteiger partial charge in [0, 0.05) is 36.8 Å². The summed E-state index contributed by atoms with van der Waals surface area (Å²) in [6.45, 7) is 0. The molecule has 8 heteroatoms. The molecule has 4 rings (SSSR count). The van der Waals surface area contributed by atoms with Crippen LogP contribution in [0.4, 0.5) is 33.2 Å². The Labute approximate surface area is 154 Å². The molecule has 0 saturated carbocycles. The van der Waals surface area contributed by atoms with Gasteiger partial charge in [0.25, 0.3) is 0 Å². The second-order valence-electron chi connectivity index (χ2n) is 5.89. The zero-order valence-corrected chi connectivity index (χ0v) is 14.3. The number of phenolic OH excluding ortho intramolecular Hbond substituents is 1. The number of nitrogens with zero attached hydrogens (tertiary/aromatic N) is 3. The van der Waals surface area contributed by atoms with Gasteiger partial charge in [-0.3, -0.25) is 0 Å². The molecule has 1 aromatic heterocycles. The number of nitrogens with one attached hydrogen (secondary N) is 2. The Morgan fingerprint density at radius 3 is 2.81 bits per heavy atom. The molecule has 3 N–H and O–H groups in total. The Kier molecular flexibility index (Phi) is 4.21. The molecule has 1 aliphatic rings. The molecule has 136 valence electrons. The van der Waals surface area contributed by atoms with Crippen molar-refractivity contribution in [2.45, 2.75) is 0 Å². The Morgan fingerprint density at radius 1 is 1.11 bits per heavy atom. The van der Waals surface area contributed by atoms with Gasteiger partial charge in [0.2, 0.25) is 5.95 Å². The van der Waals surface area contributed by atoms with Crippen molar-refractivity contribution in [2.24, 2.45) is 0 Å². The van der Waals surface area contributed by atoms with E-state index < -0.39 is 5.82 Å². The number of benzene rings is 2. The fourth-order valence-corrected chi connectivity index (χ4v) is 2.62. The van der Waals surface area contributed by atoms with Crippen LogP contribution in [0.2, 0.25) is 0 Å². The van der Waals surface area contributed by atoms with Gasteiger partial charge in [-0.25, -0.2) is 9.37 Å². The first-order chi connectivity index (χ1) is 13.1. The van der Waals surface area contributed by atoms with E-state index in [0.717, 1.165) is 11.9 Å². The lowest BCUT2D eigenvalue weighted by molar-refractivity contribution is 0.472. The van der Waals surface area contributed by atoms with Gasteiger partial charge in [0.15, 0.2) is 17.4 Å². The number of aromatic hydroxyl groups is 1. The van der Waals surface area contributed by atoms with Crippen LogP contribution in [-0.4, -0.2) is 22.1 Å². The standard InChI is InChI=1S/C19H16FN5O2/c1-25-7-8-27-17-10-13(5-6-16(17)25)22-18-15(20)11-21-19(24-18)23-12-3-2-4-14(26)9-12/h2-11,26H,1H3,(H2,21,22,23,24). The molecule has 7 nitrogen and oxygen atoms in total. The summed E-state index contributed by atoms with van der Waals surface area (Å²) in [6, 6.07) is 11.9. The van der Waals surface area contributed by atoms with Crippen LogP contribution in [-0.2, 0) is 0 Å². The maximum atomic E-state index is 14.2. The smallest absolute Gasteiger partial charge is 0.229 e. The summed E-state index contributed by atoms with van der Waals surface area (Å²) < 4.78 is 19.6. The van der Waals surface area contributed by atoms with Crippen LogP contribution in [0.3, 0.4) is 0 Å². The molecule has 3 aromatic rings. The van der Waals surface area contributed by atoms with Gasteiger partial charge in [-0.15, -0.1) is 0 Å². The SMILES string of the molecule is CN1C=COc2cc(Nc3nc(Nc4cccc(O)c4)ncc3F)ccc21. The molecule has 2 aromatic carbocycles. The van der Waals surface area contributed by atoms with Crippen molar-refractivity contribution in [1.29, 1.82) is 0 Å². The third-order valence-corrected chi connectivity index (χ3v) is 3.93. The molecular formula is C19H16FN5O2. The lowest BCUT2D eigenvalue weighted by atomic mass is 10.2. The molecule has 1 aliphatic heterocycles. The van der Waals surface area contributed by atoms with Gasteiger partial charge in [0.05, 0.1) is 11.9 Å². The highest BCUT2D eigenvalue weighted by Gasteiger charge is 2.13. The van der Waals surface area contributed by atoms with Crippen LogP contribution in [0.1, 0.15) is 0 Å². The lowest BCUT2D eigenvalue weighted by Crippen LogP contribution is -2.13. The fraction of sp³-hybridized carbons (Fsp3) is 0.0526. The Hall–Kier alpha value is -3.81. The predicted octanol–water partition coefficient (Wildman–Crippen LogP) is 4.11. The quantitative estimate of drug-likeness (QED) is 0.642. The molecule has 0 amide bonds. The molecule has 0 bridgehead atoms. The van der Waals surface area contributed by atoms with Crippen LogP contribution in [0.25, 0.3) is 0 Å². The van der Waals surface area contributed by atoms with E-state index in [0.29, 0.717) is 17.1 Å². The molecule has 0 aliphatic carbocycles. The summed E-state index contributed by atoms with van der Waals surface area (Å²) in [6.07, 6.45) is 4.46. The van der Waals surface area contributed by atoms with Crippen molar-refractivity contribution in [3.63, 3.8) is 0 Å². The minimum absolute atomic E-state index is 0.0207. The molecule has 0 atom stereocenters. The van der Waals surface area contributed by atoms with Crippen molar-refractivity contribution in [3.8, 4) is 11.5 Å². The maximum absolute atomic E-state index is 14.2. The van der Waals surface area contributed by atoms with Gasteiger partial charge >= 0.3 is 0 Å². The van der Waals surface area contributed by atoms with Gasteiger partial charge < -0.3 is 25.4 Å². The molecule has 27 heavy (non-hydrogen) atoms. The lowest BCUT2D eigenvalue weighted by Gasteiger charge is -2.22. The van der Waals surface area contributed by atoms with Crippen LogP contribution in [0, 0.1) is 5.82 Å². The van der Waals surface area contributed by atoms with E-state index in [2.05, 4.69) is 20.6 Å². The predicted molar refractivity (Wildman–Crippen MR) is 101 cm³/mol. The Morgan fingerprint density at radius 2 is 1.96 bits per heavy atom. The Balaban J connectivity index is 1.57. The number of rotatable bonds is 4. The van der Waals surface area contributed by atoms with Gasteiger partial charge in [-0.1, -0.05) is 6.07 Å². The van der Waals surface area contributed by atoms with E-state index in [9.17, 15) is 9.50 Å². The van der Waals surface area contributed by atoms with Crippen LogP contribution < -0.4 is 20.3 Å². The van der Waals surface area contributed by atoms with Gasteiger partial charge in [-0.2, -0.15) is 4.98 Å². The normalized spacial score (nSPS) is 12.3. The van der Waals surface area contributed by atoms with Crippen molar-refractivity contribution in [1.82, 2.24) is 9.97 Å². The monoisotopic (exact) mass is 365 g/mol. The van der Waals surface area contributed by atoms with Crippen LogP contribution in [0.15, 0.2) is 61.1 Å². The topological polar surface area (TPSA) is 82.5 Å². The van der Waals surface area contributed by atoms with Gasteiger partial charge in [0.1, 0.15) is 12.0 Å². The van der Waals surface area contributed by atoms with E-state index in [1.807, 2.05) is 24.1 Å². The summed E-state index contributed by atoms with van der Waals surface area (Å²) in [5.41, 5.74) is 2.11. The summed E-state index contributed by atoms with van der Waals surface area (Å²) in [4.78, 5) is 10.0. The summed E-state index contributed by atoms with van der Waals surface area (Å²) in [5.74, 6) is 0.381. The van der Waals surface area contributed by atoms with E-state index in [1.165, 1.54) is 6.07 Å². The summed E-state index contributed by atoms with van der Waals surface area (Å²) >= 11 is 0. The number of ether oxygens (including phenoxy) is 1. The molecule has 0 radical (unpaired) electrons. The van der Waals surface area contributed by atoms with Crippen molar-refractivity contribution < 1.29 is 14.2 Å². The number of fused-ring (bicyclic) bond motifs is 1. The van der Waals surface area contributed by atoms with E-state index in [4.69, 9.17) is 4.74 Å². The van der Waals surface area contributed by atoms with Crippen LogP contribution in [0.5, 0.6) is 11.5 Å². The molecule has 0 spiro atoms. The first-order valence-electron chi connectivity index (χ1n) is 8.14. The molecule has 2 heterocycles. The molecule has 0 fully saturated rings. The zero-order valence-electron chi connectivity index (χ0n) is 14.3. The number of halogens is 1. The third-order valence-electron chi connectivity index (χ3n) is 3.93. The van der Waals surface area contributed by atoms with Crippen molar-refractivity contribution in [2.75, 3.05) is 22.6 Å². The largest absolute Gasteiger partial charge is 0.508 e. The Bertz CT molecular complexity index is 1020. The van der Waals surface area contributed by atoms with Crippen molar-refractivity contribution in [3.05, 3.63) is 66.9 Å². The van der Waals surface area contributed by atoms with Crippen LogP contribution >= 0.6 is 0 Å². The zero-order chi connectivity index (χ0) is 18.8. The molecule has 0 saturated heterocycles. The highest BCUT2D eigenvalue weighted by molar-refractivity contribution is 5.70. The minimum Gasteiger partial charge on any atom is -0.508 e. The highest BCUT2D eigenvalue weighted by Crippen LogP contribution is 2.34. The number of hydrogen-bond donors (Lipinski definition) is 3. The first kappa shape index (κ1) is 16.6. The minimum atomic E-state index is -0.591. The first-order valence-corrected chi connectivity index (χ1v) is 8.14. The average molecular weight is 365 g/mol. The second-order valence-corrected chi connectivity index (χ2v) is 5.89. The van der Waals surface area contributed by atoms with E-state index in [1.54, 1.807) is 36.7 Å². The fourth-order valence-electron chi connectivity index (χ4n) is 2.62. The third kappa shape index (κ3) is 3.59. The average Bonchev–Trinajstić information content (AvgIpc) is 2.65. The highest BCUT2D eigenvalue weighted by atomic mass is 19.1. The summed E-state index contributed by atoms with van der Waals surface area (Å²) in [7, 11) is 1.91. The number of hydrogen-bond acceptors (Lipinski definition) is 7. The summed E-state index contributed by atoms with van der Waals surface area (Å²) in [5, 5.41) is 15.4.